The standard InChI is InChI=1S/C15H26N2O3/c1-14(2)12-11(6-8-20-12)15(14,16)13(18)17(7-9-19-3)10-4-5-10/h10-12H,4-9,16H2,1-3H3. The third-order valence-corrected chi connectivity index (χ3v) is 5.59. The molecule has 3 atom stereocenters. The molecule has 2 aliphatic carbocycles. The number of ether oxygens (including phenoxy) is 2. The molecule has 3 fully saturated rings. The molecule has 0 radical (unpaired) electrons. The molecule has 1 heterocycles. The number of nitrogens with zero attached hydrogens (tertiary/aromatic N) is 1. The van der Waals surface area contributed by atoms with Gasteiger partial charge in [0.25, 0.3) is 0 Å². The minimum atomic E-state index is -0.773. The summed E-state index contributed by atoms with van der Waals surface area (Å²) in [6.45, 7) is 6.08. The van der Waals surface area contributed by atoms with E-state index in [2.05, 4.69) is 13.8 Å². The largest absolute Gasteiger partial charge is 0.383 e. The smallest absolute Gasteiger partial charge is 0.244 e. The molecule has 2 saturated carbocycles. The molecule has 0 aromatic heterocycles. The Bertz CT molecular complexity index is 408. The van der Waals surface area contributed by atoms with Crippen LogP contribution in [0.15, 0.2) is 0 Å². The molecule has 0 aromatic carbocycles. The van der Waals surface area contributed by atoms with E-state index in [4.69, 9.17) is 15.2 Å². The van der Waals surface area contributed by atoms with Crippen LogP contribution in [0, 0.1) is 11.3 Å². The Kier molecular flexibility index (Phi) is 3.35. The first-order valence-corrected chi connectivity index (χ1v) is 7.65. The van der Waals surface area contributed by atoms with E-state index in [-0.39, 0.29) is 23.3 Å². The van der Waals surface area contributed by atoms with Crippen LogP contribution in [0.4, 0.5) is 0 Å². The molecular formula is C15H26N2O3. The highest BCUT2D eigenvalue weighted by atomic mass is 16.5. The SMILES string of the molecule is COCCN(C(=O)C1(N)C2CCOC2C1(C)C)C1CC1. The normalized spacial score (nSPS) is 38.2. The molecule has 5 nitrogen and oxygen atoms in total. The maximum absolute atomic E-state index is 13.1. The van der Waals surface area contributed by atoms with E-state index >= 15 is 0 Å². The predicted molar refractivity (Wildman–Crippen MR) is 75.2 cm³/mol. The second-order valence-corrected chi connectivity index (χ2v) is 7.00. The van der Waals surface area contributed by atoms with Crippen molar-refractivity contribution in [2.75, 3.05) is 26.9 Å². The zero-order chi connectivity index (χ0) is 14.5. The van der Waals surface area contributed by atoms with E-state index in [1.807, 2.05) is 4.90 Å². The van der Waals surface area contributed by atoms with E-state index in [1.165, 1.54) is 0 Å². The molecule has 0 bridgehead atoms. The fourth-order valence-electron chi connectivity index (χ4n) is 4.08. The molecule has 1 saturated heterocycles. The summed E-state index contributed by atoms with van der Waals surface area (Å²) >= 11 is 0. The summed E-state index contributed by atoms with van der Waals surface area (Å²) in [5.74, 6) is 0.280. The molecule has 3 rings (SSSR count). The average molecular weight is 282 g/mol. The van der Waals surface area contributed by atoms with Crippen LogP contribution in [-0.2, 0) is 14.3 Å². The topological polar surface area (TPSA) is 64.8 Å². The van der Waals surface area contributed by atoms with Crippen LogP contribution in [0.2, 0.25) is 0 Å². The van der Waals surface area contributed by atoms with Gasteiger partial charge in [-0.1, -0.05) is 13.8 Å². The van der Waals surface area contributed by atoms with E-state index in [9.17, 15) is 4.79 Å². The number of nitrogens with two attached hydrogens (primary N) is 1. The fourth-order valence-corrected chi connectivity index (χ4v) is 4.08. The minimum Gasteiger partial charge on any atom is -0.383 e. The number of amides is 1. The van der Waals surface area contributed by atoms with Gasteiger partial charge in [0.05, 0.1) is 12.7 Å². The third-order valence-electron chi connectivity index (χ3n) is 5.59. The van der Waals surface area contributed by atoms with E-state index < -0.39 is 5.54 Å². The monoisotopic (exact) mass is 282 g/mol. The van der Waals surface area contributed by atoms with Crippen molar-refractivity contribution in [1.82, 2.24) is 4.90 Å². The molecule has 1 aliphatic heterocycles. The van der Waals surface area contributed by atoms with Crippen molar-refractivity contribution in [3.8, 4) is 0 Å². The van der Waals surface area contributed by atoms with Crippen molar-refractivity contribution >= 4 is 5.91 Å². The van der Waals surface area contributed by atoms with Gasteiger partial charge in [-0.3, -0.25) is 4.79 Å². The van der Waals surface area contributed by atoms with Crippen LogP contribution in [0.1, 0.15) is 33.1 Å². The van der Waals surface area contributed by atoms with Crippen molar-refractivity contribution in [1.29, 1.82) is 0 Å². The van der Waals surface area contributed by atoms with Crippen LogP contribution >= 0.6 is 0 Å². The quantitative estimate of drug-likeness (QED) is 0.809. The molecule has 1 amide bonds. The van der Waals surface area contributed by atoms with Gasteiger partial charge in [0, 0.05) is 37.6 Å². The van der Waals surface area contributed by atoms with Crippen molar-refractivity contribution in [3.63, 3.8) is 0 Å². The number of methoxy groups -OCH3 is 1. The van der Waals surface area contributed by atoms with Gasteiger partial charge in [-0.05, 0) is 19.3 Å². The van der Waals surface area contributed by atoms with Crippen LogP contribution in [-0.4, -0.2) is 55.4 Å². The number of rotatable bonds is 5. The molecule has 3 aliphatic rings. The van der Waals surface area contributed by atoms with Crippen LogP contribution in [0.25, 0.3) is 0 Å². The van der Waals surface area contributed by atoms with Gasteiger partial charge in [0.2, 0.25) is 5.91 Å². The molecule has 114 valence electrons. The summed E-state index contributed by atoms with van der Waals surface area (Å²) in [7, 11) is 1.67. The highest BCUT2D eigenvalue weighted by molar-refractivity contribution is 5.90. The highest BCUT2D eigenvalue weighted by Crippen LogP contribution is 2.59. The molecule has 5 heteroatoms. The molecule has 0 spiro atoms. The van der Waals surface area contributed by atoms with Crippen molar-refractivity contribution in [2.24, 2.45) is 17.1 Å². The summed E-state index contributed by atoms with van der Waals surface area (Å²) < 4.78 is 10.9. The first kappa shape index (κ1) is 14.3. The zero-order valence-corrected chi connectivity index (χ0v) is 12.7. The summed E-state index contributed by atoms with van der Waals surface area (Å²) in [4.78, 5) is 15.0. The lowest BCUT2D eigenvalue weighted by atomic mass is 9.47. The molecule has 3 unspecified atom stereocenters. The summed E-state index contributed by atoms with van der Waals surface area (Å²) in [6.07, 6.45) is 3.23. The molecule has 20 heavy (non-hydrogen) atoms. The lowest BCUT2D eigenvalue weighted by molar-refractivity contribution is -0.185. The van der Waals surface area contributed by atoms with Gasteiger partial charge in [0.1, 0.15) is 5.54 Å². The minimum absolute atomic E-state index is 0.105. The van der Waals surface area contributed by atoms with Gasteiger partial charge in [-0.2, -0.15) is 0 Å². The first-order chi connectivity index (χ1) is 9.44. The van der Waals surface area contributed by atoms with Gasteiger partial charge in [-0.25, -0.2) is 0 Å². The van der Waals surface area contributed by atoms with E-state index in [0.717, 1.165) is 25.9 Å². The third kappa shape index (κ3) is 1.76. The summed E-state index contributed by atoms with van der Waals surface area (Å²) in [5, 5.41) is 0. The van der Waals surface area contributed by atoms with Crippen molar-refractivity contribution in [3.05, 3.63) is 0 Å². The molecule has 2 N–H and O–H groups in total. The Morgan fingerprint density at radius 3 is 2.70 bits per heavy atom. The number of hydrogen-bond acceptors (Lipinski definition) is 4. The predicted octanol–water partition coefficient (Wildman–Crippen LogP) is 0.766. The van der Waals surface area contributed by atoms with Gasteiger partial charge < -0.3 is 20.1 Å². The van der Waals surface area contributed by atoms with E-state index in [1.54, 1.807) is 7.11 Å². The lowest BCUT2D eigenvalue weighted by Crippen LogP contribution is -2.80. The van der Waals surface area contributed by atoms with Gasteiger partial charge in [0.15, 0.2) is 0 Å². The number of fused-ring (bicyclic) bond motifs is 1. The molecule has 0 aromatic rings. The van der Waals surface area contributed by atoms with Crippen LogP contribution < -0.4 is 5.73 Å². The zero-order valence-electron chi connectivity index (χ0n) is 12.7. The average Bonchev–Trinajstić information content (AvgIpc) is 3.14. The van der Waals surface area contributed by atoms with Gasteiger partial charge >= 0.3 is 0 Å². The Morgan fingerprint density at radius 2 is 2.10 bits per heavy atom. The first-order valence-electron chi connectivity index (χ1n) is 7.65. The fraction of sp³-hybridized carbons (Fsp3) is 0.933. The lowest BCUT2D eigenvalue weighted by Gasteiger charge is -2.61. The number of hydrogen-bond donors (Lipinski definition) is 1. The van der Waals surface area contributed by atoms with Crippen LogP contribution in [0.3, 0.4) is 0 Å². The Hall–Kier alpha value is -0.650. The highest BCUT2D eigenvalue weighted by Gasteiger charge is 2.72. The Labute approximate surface area is 120 Å². The number of carbonyl (C=O) groups excluding carboxylic acids is 1. The maximum Gasteiger partial charge on any atom is 0.244 e. The maximum atomic E-state index is 13.1. The van der Waals surface area contributed by atoms with Gasteiger partial charge in [-0.15, -0.1) is 0 Å². The van der Waals surface area contributed by atoms with Crippen LogP contribution in [0.5, 0.6) is 0 Å². The number of carbonyl (C=O) groups is 1. The second kappa shape index (κ2) is 4.68. The Morgan fingerprint density at radius 1 is 1.40 bits per heavy atom. The molecular weight excluding hydrogens is 256 g/mol. The summed E-state index contributed by atoms with van der Waals surface area (Å²) in [5.41, 5.74) is 5.58. The summed E-state index contributed by atoms with van der Waals surface area (Å²) in [6, 6.07) is 0.371. The van der Waals surface area contributed by atoms with E-state index in [0.29, 0.717) is 19.2 Å². The second-order valence-electron chi connectivity index (χ2n) is 7.00. The Balaban J connectivity index is 1.80. The van der Waals surface area contributed by atoms with Crippen molar-refractivity contribution < 1.29 is 14.3 Å². The van der Waals surface area contributed by atoms with Crippen molar-refractivity contribution in [2.45, 2.75) is 50.8 Å².